The lowest BCUT2D eigenvalue weighted by Crippen LogP contribution is -2.39. The van der Waals surface area contributed by atoms with Crippen molar-refractivity contribution in [2.24, 2.45) is 0 Å². The number of hydrogen-bond acceptors (Lipinski definition) is 3. The second kappa shape index (κ2) is 10.6. The Labute approximate surface area is 153 Å². The number of rotatable bonds is 9. The van der Waals surface area contributed by atoms with Crippen LogP contribution in [0.3, 0.4) is 0 Å². The van der Waals surface area contributed by atoms with Crippen LogP contribution < -0.4 is 5.32 Å². The van der Waals surface area contributed by atoms with Crippen LogP contribution in [0.25, 0.3) is 0 Å². The fourth-order valence-electron chi connectivity index (χ4n) is 2.33. The molecule has 25 heavy (non-hydrogen) atoms. The molecule has 0 saturated heterocycles. The first kappa shape index (κ1) is 19.1. The van der Waals surface area contributed by atoms with Gasteiger partial charge in [0.25, 0.3) is 0 Å². The summed E-state index contributed by atoms with van der Waals surface area (Å²) in [6.07, 6.45) is 0.400. The van der Waals surface area contributed by atoms with Crippen LogP contribution >= 0.6 is 11.8 Å². The van der Waals surface area contributed by atoms with Crippen molar-refractivity contribution in [3.05, 3.63) is 66.2 Å². The lowest BCUT2D eigenvalue weighted by Gasteiger charge is -2.21. The highest BCUT2D eigenvalue weighted by atomic mass is 32.2. The van der Waals surface area contributed by atoms with Crippen molar-refractivity contribution in [1.82, 2.24) is 10.2 Å². The first-order valence-electron chi connectivity index (χ1n) is 8.45. The van der Waals surface area contributed by atoms with Crippen molar-refractivity contribution in [3.63, 3.8) is 0 Å². The predicted octanol–water partition coefficient (Wildman–Crippen LogP) is 3.33. The average Bonchev–Trinajstić information content (AvgIpc) is 2.66. The Bertz CT molecular complexity index is 662. The first-order chi connectivity index (χ1) is 12.2. The zero-order valence-corrected chi connectivity index (χ0v) is 15.3. The highest BCUT2D eigenvalue weighted by Gasteiger charge is 2.13. The van der Waals surface area contributed by atoms with Crippen molar-refractivity contribution >= 4 is 23.6 Å². The zero-order chi connectivity index (χ0) is 17.9. The molecule has 0 atom stereocenters. The van der Waals surface area contributed by atoms with Gasteiger partial charge in [-0.05, 0) is 24.6 Å². The highest BCUT2D eigenvalue weighted by Crippen LogP contribution is 2.17. The van der Waals surface area contributed by atoms with Crippen LogP contribution in [0, 0.1) is 0 Å². The van der Waals surface area contributed by atoms with Crippen molar-refractivity contribution < 1.29 is 9.59 Å². The molecule has 2 rings (SSSR count). The molecule has 0 aliphatic carbocycles. The third-order valence-electron chi connectivity index (χ3n) is 3.73. The van der Waals surface area contributed by atoms with E-state index in [1.165, 1.54) is 0 Å². The molecule has 2 aromatic carbocycles. The predicted molar refractivity (Wildman–Crippen MR) is 102 cm³/mol. The minimum Gasteiger partial charge on any atom is -0.347 e. The standard InChI is InChI=1S/C20H24N2O2S/c1-2-22(16-17-9-5-3-6-10-17)20(24)15-21-19(23)13-14-25-18-11-7-4-8-12-18/h3-12H,2,13-16H2,1H3,(H,21,23). The van der Waals surface area contributed by atoms with E-state index < -0.39 is 0 Å². The van der Waals surface area contributed by atoms with Crippen LogP contribution in [0.15, 0.2) is 65.6 Å². The third-order valence-corrected chi connectivity index (χ3v) is 4.74. The number of thioether (sulfide) groups is 1. The van der Waals surface area contributed by atoms with Crippen molar-refractivity contribution in [2.75, 3.05) is 18.8 Å². The number of carbonyl (C=O) groups is 2. The lowest BCUT2D eigenvalue weighted by atomic mass is 10.2. The molecule has 0 aromatic heterocycles. The van der Waals surface area contributed by atoms with Gasteiger partial charge in [-0.15, -0.1) is 11.8 Å². The van der Waals surface area contributed by atoms with Gasteiger partial charge >= 0.3 is 0 Å². The van der Waals surface area contributed by atoms with Gasteiger partial charge in [-0.1, -0.05) is 48.5 Å². The highest BCUT2D eigenvalue weighted by molar-refractivity contribution is 7.99. The molecular weight excluding hydrogens is 332 g/mol. The fourth-order valence-corrected chi connectivity index (χ4v) is 3.21. The molecule has 0 spiro atoms. The van der Waals surface area contributed by atoms with E-state index >= 15 is 0 Å². The summed E-state index contributed by atoms with van der Waals surface area (Å²) in [5.74, 6) is 0.550. The Morgan fingerprint density at radius 1 is 1.00 bits per heavy atom. The van der Waals surface area contributed by atoms with Gasteiger partial charge in [0.1, 0.15) is 0 Å². The molecule has 2 aromatic rings. The maximum atomic E-state index is 12.3. The molecule has 4 nitrogen and oxygen atoms in total. The van der Waals surface area contributed by atoms with E-state index in [1.807, 2.05) is 67.6 Å². The Hall–Kier alpha value is -2.27. The third kappa shape index (κ3) is 7.01. The summed E-state index contributed by atoms with van der Waals surface area (Å²) in [5.41, 5.74) is 1.09. The number of benzene rings is 2. The van der Waals surface area contributed by atoms with Crippen LogP contribution in [0.1, 0.15) is 18.9 Å². The van der Waals surface area contributed by atoms with E-state index in [1.54, 1.807) is 16.7 Å². The molecule has 0 radical (unpaired) electrons. The summed E-state index contributed by atoms with van der Waals surface area (Å²) in [6, 6.07) is 19.8. The second-order valence-corrected chi connectivity index (χ2v) is 6.75. The zero-order valence-electron chi connectivity index (χ0n) is 14.5. The molecule has 0 heterocycles. The van der Waals surface area contributed by atoms with Crippen LogP contribution in [-0.4, -0.2) is 35.6 Å². The normalized spacial score (nSPS) is 10.3. The van der Waals surface area contributed by atoms with Crippen LogP contribution in [0.2, 0.25) is 0 Å². The molecule has 0 bridgehead atoms. The van der Waals surface area contributed by atoms with E-state index in [2.05, 4.69) is 5.32 Å². The van der Waals surface area contributed by atoms with E-state index in [0.717, 1.165) is 10.5 Å². The van der Waals surface area contributed by atoms with Gasteiger partial charge in [-0.25, -0.2) is 0 Å². The van der Waals surface area contributed by atoms with E-state index in [9.17, 15) is 9.59 Å². The molecule has 1 N–H and O–H groups in total. The topological polar surface area (TPSA) is 49.4 Å². The molecule has 0 unspecified atom stereocenters. The van der Waals surface area contributed by atoms with Crippen molar-refractivity contribution in [3.8, 4) is 0 Å². The fraction of sp³-hybridized carbons (Fsp3) is 0.300. The Morgan fingerprint density at radius 3 is 2.28 bits per heavy atom. The van der Waals surface area contributed by atoms with Gasteiger partial charge in [0.05, 0.1) is 6.54 Å². The summed E-state index contributed by atoms with van der Waals surface area (Å²) in [6.45, 7) is 3.18. The SMILES string of the molecule is CCN(Cc1ccccc1)C(=O)CNC(=O)CCSc1ccccc1. The Kier molecular flexibility index (Phi) is 8.05. The van der Waals surface area contributed by atoms with Crippen molar-refractivity contribution in [2.45, 2.75) is 24.8 Å². The molecule has 5 heteroatoms. The minimum atomic E-state index is -0.0902. The summed E-state index contributed by atoms with van der Waals surface area (Å²) in [7, 11) is 0. The van der Waals surface area contributed by atoms with Gasteiger partial charge in [0, 0.05) is 30.2 Å². The summed E-state index contributed by atoms with van der Waals surface area (Å²) < 4.78 is 0. The van der Waals surface area contributed by atoms with E-state index in [-0.39, 0.29) is 18.4 Å². The number of nitrogens with one attached hydrogen (secondary N) is 1. The number of amides is 2. The maximum absolute atomic E-state index is 12.3. The van der Waals surface area contributed by atoms with E-state index in [4.69, 9.17) is 0 Å². The van der Waals surface area contributed by atoms with Gasteiger partial charge in [-0.3, -0.25) is 9.59 Å². The van der Waals surface area contributed by atoms with E-state index in [0.29, 0.717) is 25.3 Å². The number of likely N-dealkylation sites (N-methyl/N-ethyl adjacent to an activating group) is 1. The lowest BCUT2D eigenvalue weighted by molar-refractivity contribution is -0.133. The summed E-state index contributed by atoms with van der Waals surface area (Å²) in [5, 5.41) is 2.73. The Balaban J connectivity index is 1.69. The van der Waals surface area contributed by atoms with Crippen molar-refractivity contribution in [1.29, 1.82) is 0 Å². The number of hydrogen-bond donors (Lipinski definition) is 1. The monoisotopic (exact) mass is 356 g/mol. The smallest absolute Gasteiger partial charge is 0.242 e. The van der Waals surface area contributed by atoms with Crippen LogP contribution in [0.4, 0.5) is 0 Å². The molecule has 0 saturated carbocycles. The second-order valence-electron chi connectivity index (χ2n) is 5.58. The van der Waals surface area contributed by atoms with Crippen LogP contribution in [-0.2, 0) is 16.1 Å². The number of carbonyl (C=O) groups excluding carboxylic acids is 2. The van der Waals surface area contributed by atoms with Gasteiger partial charge < -0.3 is 10.2 Å². The molecule has 132 valence electrons. The van der Waals surface area contributed by atoms with Crippen LogP contribution in [0.5, 0.6) is 0 Å². The van der Waals surface area contributed by atoms with Gasteiger partial charge in [0.2, 0.25) is 11.8 Å². The summed E-state index contributed by atoms with van der Waals surface area (Å²) >= 11 is 1.64. The Morgan fingerprint density at radius 2 is 1.64 bits per heavy atom. The molecule has 0 fully saturated rings. The average molecular weight is 356 g/mol. The minimum absolute atomic E-state index is 0.0511. The first-order valence-corrected chi connectivity index (χ1v) is 9.44. The summed E-state index contributed by atoms with van der Waals surface area (Å²) in [4.78, 5) is 27.1. The van der Waals surface area contributed by atoms with Gasteiger partial charge in [0.15, 0.2) is 0 Å². The quantitative estimate of drug-likeness (QED) is 0.701. The number of nitrogens with zero attached hydrogens (tertiary/aromatic N) is 1. The largest absolute Gasteiger partial charge is 0.347 e. The molecule has 2 amide bonds. The molecular formula is C20H24N2O2S. The maximum Gasteiger partial charge on any atom is 0.242 e. The molecule has 0 aliphatic rings. The molecule has 0 aliphatic heterocycles. The van der Waals surface area contributed by atoms with Gasteiger partial charge in [-0.2, -0.15) is 0 Å².